The number of hydrogen-bond acceptors (Lipinski definition) is 4. The number of rotatable bonds is 4. The average molecular weight is 202 g/mol. The minimum atomic E-state index is 0.417. The van der Waals surface area contributed by atoms with Gasteiger partial charge in [-0.3, -0.25) is 0 Å². The van der Waals surface area contributed by atoms with Crippen LogP contribution in [0.15, 0.2) is 12.3 Å². The van der Waals surface area contributed by atoms with Gasteiger partial charge >= 0.3 is 0 Å². The van der Waals surface area contributed by atoms with Gasteiger partial charge in [-0.1, -0.05) is 13.3 Å². The fraction of sp³-hybridized carbons (Fsp3) is 0.545. The van der Waals surface area contributed by atoms with Gasteiger partial charge in [-0.15, -0.1) is 0 Å². The fourth-order valence-electron chi connectivity index (χ4n) is 1.77. The smallest absolute Gasteiger partial charge is 0.224 e. The standard InChI is InChI=1S/C11H14N4/c1-2-3-8-6-10(8)15-11-13-5-4-9(7-12)14-11/h4-5,8,10H,2-3,6H2,1H3,(H,13,14,15). The summed E-state index contributed by atoms with van der Waals surface area (Å²) >= 11 is 0. The van der Waals surface area contributed by atoms with Crippen LogP contribution in [0.1, 0.15) is 31.9 Å². The van der Waals surface area contributed by atoms with Crippen LogP contribution in [0.25, 0.3) is 0 Å². The SMILES string of the molecule is CCCC1CC1Nc1nccc(C#N)n1. The molecular weight excluding hydrogens is 188 g/mol. The molecule has 0 aliphatic heterocycles. The zero-order chi connectivity index (χ0) is 10.7. The van der Waals surface area contributed by atoms with Crippen LogP contribution in [0.3, 0.4) is 0 Å². The Labute approximate surface area is 89.4 Å². The van der Waals surface area contributed by atoms with E-state index >= 15 is 0 Å². The molecule has 1 N–H and O–H groups in total. The topological polar surface area (TPSA) is 61.6 Å². The molecule has 0 aromatic carbocycles. The van der Waals surface area contributed by atoms with E-state index in [1.165, 1.54) is 19.3 Å². The Kier molecular flexibility index (Phi) is 2.82. The van der Waals surface area contributed by atoms with Crippen LogP contribution in [0, 0.1) is 17.2 Å². The third kappa shape index (κ3) is 2.44. The van der Waals surface area contributed by atoms with E-state index < -0.39 is 0 Å². The summed E-state index contributed by atoms with van der Waals surface area (Å²) in [5, 5.41) is 11.9. The number of nitriles is 1. The van der Waals surface area contributed by atoms with Gasteiger partial charge in [-0.2, -0.15) is 5.26 Å². The number of nitrogens with one attached hydrogen (secondary N) is 1. The van der Waals surface area contributed by atoms with Crippen LogP contribution >= 0.6 is 0 Å². The third-order valence-electron chi connectivity index (χ3n) is 2.67. The van der Waals surface area contributed by atoms with E-state index in [4.69, 9.17) is 5.26 Å². The molecular formula is C11H14N4. The summed E-state index contributed by atoms with van der Waals surface area (Å²) in [5.41, 5.74) is 0.417. The normalized spacial score (nSPS) is 23.2. The largest absolute Gasteiger partial charge is 0.351 e. The van der Waals surface area contributed by atoms with Crippen LogP contribution in [-0.4, -0.2) is 16.0 Å². The number of hydrogen-bond donors (Lipinski definition) is 1. The van der Waals surface area contributed by atoms with Crippen LogP contribution in [0.4, 0.5) is 5.95 Å². The Hall–Kier alpha value is -1.63. The maximum atomic E-state index is 8.68. The minimum absolute atomic E-state index is 0.417. The molecule has 1 fully saturated rings. The lowest BCUT2D eigenvalue weighted by Crippen LogP contribution is -2.08. The lowest BCUT2D eigenvalue weighted by molar-refractivity contribution is 0.691. The zero-order valence-electron chi connectivity index (χ0n) is 8.77. The molecule has 2 rings (SSSR count). The third-order valence-corrected chi connectivity index (χ3v) is 2.67. The predicted octanol–water partition coefficient (Wildman–Crippen LogP) is 1.95. The molecule has 78 valence electrons. The Bertz CT molecular complexity index is 382. The number of aromatic nitrogens is 2. The first-order chi connectivity index (χ1) is 7.33. The van der Waals surface area contributed by atoms with Crippen molar-refractivity contribution in [2.24, 2.45) is 5.92 Å². The zero-order valence-corrected chi connectivity index (χ0v) is 8.77. The van der Waals surface area contributed by atoms with Crippen LogP contribution in [0.5, 0.6) is 0 Å². The highest BCUT2D eigenvalue weighted by Crippen LogP contribution is 2.36. The Morgan fingerprint density at radius 1 is 1.67 bits per heavy atom. The molecule has 0 bridgehead atoms. The van der Waals surface area contributed by atoms with E-state index in [0.29, 0.717) is 17.7 Å². The van der Waals surface area contributed by atoms with Crippen molar-refractivity contribution in [1.29, 1.82) is 5.26 Å². The summed E-state index contributed by atoms with van der Waals surface area (Å²) in [7, 11) is 0. The van der Waals surface area contributed by atoms with Gasteiger partial charge in [0.1, 0.15) is 11.8 Å². The molecule has 2 unspecified atom stereocenters. The summed E-state index contributed by atoms with van der Waals surface area (Å²) in [6.45, 7) is 2.20. The number of nitrogens with zero attached hydrogens (tertiary/aromatic N) is 3. The van der Waals surface area contributed by atoms with Crippen LogP contribution in [0.2, 0.25) is 0 Å². The van der Waals surface area contributed by atoms with Crippen molar-refractivity contribution in [2.45, 2.75) is 32.2 Å². The summed E-state index contributed by atoms with van der Waals surface area (Å²) in [6.07, 6.45) is 5.30. The molecule has 0 saturated heterocycles. The van der Waals surface area contributed by atoms with Gasteiger partial charge in [-0.05, 0) is 24.8 Å². The molecule has 0 radical (unpaired) electrons. The minimum Gasteiger partial charge on any atom is -0.351 e. The molecule has 1 heterocycles. The molecule has 0 amide bonds. The van der Waals surface area contributed by atoms with Crippen molar-refractivity contribution < 1.29 is 0 Å². The second-order valence-corrected chi connectivity index (χ2v) is 3.91. The van der Waals surface area contributed by atoms with Gasteiger partial charge in [0.15, 0.2) is 0 Å². The highest BCUT2D eigenvalue weighted by molar-refractivity contribution is 5.33. The lowest BCUT2D eigenvalue weighted by Gasteiger charge is -2.02. The van der Waals surface area contributed by atoms with E-state index in [1.54, 1.807) is 12.3 Å². The Balaban J connectivity index is 1.92. The van der Waals surface area contributed by atoms with Crippen LogP contribution in [-0.2, 0) is 0 Å². The first-order valence-corrected chi connectivity index (χ1v) is 5.33. The summed E-state index contributed by atoms with van der Waals surface area (Å²) in [5.74, 6) is 1.35. The van der Waals surface area contributed by atoms with Crippen molar-refractivity contribution in [3.8, 4) is 6.07 Å². The van der Waals surface area contributed by atoms with Crippen LogP contribution < -0.4 is 5.32 Å². The summed E-state index contributed by atoms with van der Waals surface area (Å²) in [6, 6.07) is 4.13. The Morgan fingerprint density at radius 2 is 2.53 bits per heavy atom. The van der Waals surface area contributed by atoms with Crippen molar-refractivity contribution >= 4 is 5.95 Å². The molecule has 4 nitrogen and oxygen atoms in total. The molecule has 4 heteroatoms. The van der Waals surface area contributed by atoms with Crippen molar-refractivity contribution in [3.63, 3.8) is 0 Å². The predicted molar refractivity (Wildman–Crippen MR) is 57.2 cm³/mol. The quantitative estimate of drug-likeness (QED) is 0.810. The van der Waals surface area contributed by atoms with Crippen molar-refractivity contribution in [1.82, 2.24) is 9.97 Å². The summed E-state index contributed by atoms with van der Waals surface area (Å²) in [4.78, 5) is 8.17. The van der Waals surface area contributed by atoms with Gasteiger partial charge in [-0.25, -0.2) is 9.97 Å². The molecule has 1 aromatic heterocycles. The molecule has 1 aliphatic carbocycles. The second kappa shape index (κ2) is 4.26. The van der Waals surface area contributed by atoms with Gasteiger partial charge < -0.3 is 5.32 Å². The van der Waals surface area contributed by atoms with Gasteiger partial charge in [0.05, 0.1) is 0 Å². The monoisotopic (exact) mass is 202 g/mol. The van der Waals surface area contributed by atoms with E-state index in [2.05, 4.69) is 22.2 Å². The molecule has 1 aromatic rings. The maximum Gasteiger partial charge on any atom is 0.224 e. The van der Waals surface area contributed by atoms with E-state index in [9.17, 15) is 0 Å². The molecule has 0 spiro atoms. The number of anilines is 1. The molecule has 2 atom stereocenters. The molecule has 15 heavy (non-hydrogen) atoms. The molecule has 1 aliphatic rings. The maximum absolute atomic E-state index is 8.68. The van der Waals surface area contributed by atoms with Gasteiger partial charge in [0, 0.05) is 12.2 Å². The van der Waals surface area contributed by atoms with Gasteiger partial charge in [0.2, 0.25) is 5.95 Å². The van der Waals surface area contributed by atoms with Crippen molar-refractivity contribution in [2.75, 3.05) is 5.32 Å². The first kappa shape index (κ1) is 9.91. The first-order valence-electron chi connectivity index (χ1n) is 5.33. The Morgan fingerprint density at radius 3 is 3.27 bits per heavy atom. The van der Waals surface area contributed by atoms with E-state index in [0.717, 1.165) is 5.92 Å². The highest BCUT2D eigenvalue weighted by Gasteiger charge is 2.36. The average Bonchev–Trinajstić information content (AvgIpc) is 2.97. The fourth-order valence-corrected chi connectivity index (χ4v) is 1.77. The van der Waals surface area contributed by atoms with Gasteiger partial charge in [0.25, 0.3) is 0 Å². The van der Waals surface area contributed by atoms with E-state index in [1.807, 2.05) is 6.07 Å². The summed E-state index contributed by atoms with van der Waals surface area (Å²) < 4.78 is 0. The molecule has 1 saturated carbocycles. The lowest BCUT2D eigenvalue weighted by atomic mass is 10.2. The van der Waals surface area contributed by atoms with E-state index in [-0.39, 0.29) is 0 Å². The second-order valence-electron chi connectivity index (χ2n) is 3.91. The van der Waals surface area contributed by atoms with Crippen molar-refractivity contribution in [3.05, 3.63) is 18.0 Å². The highest BCUT2D eigenvalue weighted by atomic mass is 15.1.